The Bertz CT molecular complexity index is 689. The Morgan fingerprint density at radius 2 is 1.88 bits per heavy atom. The number of likely N-dealkylation sites (tertiary alicyclic amines) is 1. The summed E-state index contributed by atoms with van der Waals surface area (Å²) in [6.07, 6.45) is 6.78. The number of phenols is 1. The summed E-state index contributed by atoms with van der Waals surface area (Å²) in [5.41, 5.74) is 2.19. The molecule has 0 aliphatic carbocycles. The van der Waals surface area contributed by atoms with E-state index >= 15 is 0 Å². The monoisotopic (exact) mass is 345 g/mol. The highest BCUT2D eigenvalue weighted by atomic mass is 16.5. The van der Waals surface area contributed by atoms with Crippen molar-refractivity contribution < 1.29 is 14.6 Å². The second-order valence-electron chi connectivity index (χ2n) is 6.60. The number of phenolic OH excluding ortho intramolecular Hbond substituents is 1. The number of rotatable bonds is 5. The van der Waals surface area contributed by atoms with Crippen molar-refractivity contribution in [3.05, 3.63) is 35.7 Å². The fourth-order valence-corrected chi connectivity index (χ4v) is 3.58. The highest BCUT2D eigenvalue weighted by molar-refractivity contribution is 5.52. The molecule has 3 rings (SSSR count). The van der Waals surface area contributed by atoms with E-state index in [2.05, 4.69) is 16.1 Å². The normalized spacial score (nSPS) is 18.8. The van der Waals surface area contributed by atoms with Crippen molar-refractivity contribution >= 4 is 0 Å². The van der Waals surface area contributed by atoms with Crippen LogP contribution in [0.2, 0.25) is 0 Å². The van der Waals surface area contributed by atoms with Crippen LogP contribution in [-0.2, 0) is 13.6 Å². The van der Waals surface area contributed by atoms with Crippen LogP contribution in [0.4, 0.5) is 0 Å². The number of ether oxygens (including phenoxy) is 2. The van der Waals surface area contributed by atoms with E-state index in [1.807, 2.05) is 30.1 Å². The van der Waals surface area contributed by atoms with Gasteiger partial charge in [-0.3, -0.25) is 9.58 Å². The molecule has 1 N–H and O–H groups in total. The van der Waals surface area contributed by atoms with Gasteiger partial charge >= 0.3 is 0 Å². The lowest BCUT2D eigenvalue weighted by Gasteiger charge is -2.29. The highest BCUT2D eigenvalue weighted by Crippen LogP contribution is 2.38. The molecule has 0 bridgehead atoms. The van der Waals surface area contributed by atoms with Gasteiger partial charge in [0.2, 0.25) is 5.75 Å². The van der Waals surface area contributed by atoms with Gasteiger partial charge in [0.25, 0.3) is 0 Å². The zero-order chi connectivity index (χ0) is 17.8. The molecule has 136 valence electrons. The van der Waals surface area contributed by atoms with Crippen LogP contribution in [0.15, 0.2) is 24.4 Å². The lowest BCUT2D eigenvalue weighted by Crippen LogP contribution is -2.28. The van der Waals surface area contributed by atoms with Gasteiger partial charge in [0, 0.05) is 19.8 Å². The molecule has 25 heavy (non-hydrogen) atoms. The standard InChI is InChI=1S/C19H27N3O3/c1-21-10-8-15(20-21)16-7-5-4-6-9-22(16)13-14-11-17(24-2)19(23)18(12-14)25-3/h8,10-12,16,23H,4-7,9,13H2,1-3H3/t16-/m0/s1. The molecule has 6 nitrogen and oxygen atoms in total. The number of methoxy groups -OCH3 is 2. The minimum Gasteiger partial charge on any atom is -0.502 e. The number of aromatic hydroxyl groups is 1. The maximum absolute atomic E-state index is 10.1. The molecule has 1 aromatic heterocycles. The van der Waals surface area contributed by atoms with Crippen LogP contribution in [0.3, 0.4) is 0 Å². The number of benzene rings is 1. The van der Waals surface area contributed by atoms with Gasteiger partial charge in [-0.2, -0.15) is 5.10 Å². The average molecular weight is 345 g/mol. The Morgan fingerprint density at radius 1 is 1.16 bits per heavy atom. The topological polar surface area (TPSA) is 59.8 Å². The van der Waals surface area contributed by atoms with Crippen LogP contribution in [-0.4, -0.2) is 40.6 Å². The molecule has 2 aromatic rings. The van der Waals surface area contributed by atoms with Crippen molar-refractivity contribution in [2.75, 3.05) is 20.8 Å². The third kappa shape index (κ3) is 3.90. The number of nitrogens with zero attached hydrogens (tertiary/aromatic N) is 3. The maximum Gasteiger partial charge on any atom is 0.200 e. The van der Waals surface area contributed by atoms with Gasteiger partial charge in [-0.1, -0.05) is 12.8 Å². The summed E-state index contributed by atoms with van der Waals surface area (Å²) in [6, 6.07) is 6.20. The molecule has 0 unspecified atom stereocenters. The fraction of sp³-hybridized carbons (Fsp3) is 0.526. The molecule has 6 heteroatoms. The van der Waals surface area contributed by atoms with Crippen LogP contribution in [0.5, 0.6) is 17.2 Å². The quantitative estimate of drug-likeness (QED) is 0.901. The van der Waals surface area contributed by atoms with E-state index in [4.69, 9.17) is 9.47 Å². The van der Waals surface area contributed by atoms with E-state index in [0.29, 0.717) is 17.5 Å². The van der Waals surface area contributed by atoms with Crippen molar-refractivity contribution in [3.8, 4) is 17.2 Å². The zero-order valence-electron chi connectivity index (χ0n) is 15.2. The molecular formula is C19H27N3O3. The van der Waals surface area contributed by atoms with Crippen LogP contribution < -0.4 is 9.47 Å². The van der Waals surface area contributed by atoms with E-state index in [0.717, 1.165) is 30.8 Å². The number of aromatic nitrogens is 2. The SMILES string of the molecule is COc1cc(CN2CCCCC[C@H]2c2ccn(C)n2)cc(OC)c1O. The van der Waals surface area contributed by atoms with Gasteiger partial charge < -0.3 is 14.6 Å². The van der Waals surface area contributed by atoms with Crippen LogP contribution in [0.25, 0.3) is 0 Å². The van der Waals surface area contributed by atoms with E-state index in [9.17, 15) is 5.11 Å². The molecule has 0 spiro atoms. The Kier molecular flexibility index (Phi) is 5.48. The first kappa shape index (κ1) is 17.6. The van der Waals surface area contributed by atoms with Gasteiger partial charge in [0.15, 0.2) is 11.5 Å². The van der Waals surface area contributed by atoms with Crippen molar-refractivity contribution in [1.29, 1.82) is 0 Å². The summed E-state index contributed by atoms with van der Waals surface area (Å²) in [6.45, 7) is 1.81. The van der Waals surface area contributed by atoms with Crippen molar-refractivity contribution in [2.45, 2.75) is 38.3 Å². The molecule has 0 saturated carbocycles. The predicted octanol–water partition coefficient (Wildman–Crippen LogP) is 3.26. The molecule has 1 saturated heterocycles. The fourth-order valence-electron chi connectivity index (χ4n) is 3.58. The van der Waals surface area contributed by atoms with Gasteiger partial charge in [-0.15, -0.1) is 0 Å². The zero-order valence-corrected chi connectivity index (χ0v) is 15.2. The van der Waals surface area contributed by atoms with E-state index in [-0.39, 0.29) is 5.75 Å². The second-order valence-corrected chi connectivity index (χ2v) is 6.60. The lowest BCUT2D eigenvalue weighted by atomic mass is 10.1. The van der Waals surface area contributed by atoms with Crippen molar-refractivity contribution in [1.82, 2.24) is 14.7 Å². The van der Waals surface area contributed by atoms with Crippen molar-refractivity contribution in [3.63, 3.8) is 0 Å². The van der Waals surface area contributed by atoms with Gasteiger partial charge in [-0.25, -0.2) is 0 Å². The highest BCUT2D eigenvalue weighted by Gasteiger charge is 2.25. The Balaban J connectivity index is 1.88. The van der Waals surface area contributed by atoms with Crippen LogP contribution >= 0.6 is 0 Å². The van der Waals surface area contributed by atoms with E-state index in [1.165, 1.54) is 19.3 Å². The Labute approximate surface area is 149 Å². The molecular weight excluding hydrogens is 318 g/mol. The van der Waals surface area contributed by atoms with E-state index in [1.54, 1.807) is 14.2 Å². The first-order valence-corrected chi connectivity index (χ1v) is 8.80. The third-order valence-corrected chi connectivity index (χ3v) is 4.86. The summed E-state index contributed by atoms with van der Waals surface area (Å²) >= 11 is 0. The molecule has 0 radical (unpaired) electrons. The molecule has 1 aliphatic rings. The van der Waals surface area contributed by atoms with Crippen molar-refractivity contribution in [2.24, 2.45) is 7.05 Å². The molecule has 1 fully saturated rings. The maximum atomic E-state index is 10.1. The summed E-state index contributed by atoms with van der Waals surface area (Å²) in [7, 11) is 5.07. The molecule has 1 atom stereocenters. The van der Waals surface area contributed by atoms with Gasteiger partial charge in [0.1, 0.15) is 0 Å². The number of hydrogen-bond acceptors (Lipinski definition) is 5. The average Bonchev–Trinajstić information content (AvgIpc) is 2.91. The first-order chi connectivity index (χ1) is 12.1. The lowest BCUT2D eigenvalue weighted by molar-refractivity contribution is 0.187. The van der Waals surface area contributed by atoms with E-state index < -0.39 is 0 Å². The van der Waals surface area contributed by atoms with Crippen LogP contribution in [0.1, 0.15) is 43.0 Å². The van der Waals surface area contributed by atoms with Gasteiger partial charge in [0.05, 0.1) is 26.0 Å². The van der Waals surface area contributed by atoms with Gasteiger partial charge in [-0.05, 0) is 43.1 Å². The van der Waals surface area contributed by atoms with Crippen LogP contribution in [0, 0.1) is 0 Å². The summed E-state index contributed by atoms with van der Waals surface area (Å²) in [5.74, 6) is 0.933. The minimum atomic E-state index is 0.0471. The molecule has 2 heterocycles. The predicted molar refractivity (Wildman–Crippen MR) is 96.0 cm³/mol. The second kappa shape index (κ2) is 7.78. The smallest absolute Gasteiger partial charge is 0.200 e. The minimum absolute atomic E-state index is 0.0471. The third-order valence-electron chi connectivity index (χ3n) is 4.86. The summed E-state index contributed by atoms with van der Waals surface area (Å²) in [4.78, 5) is 2.47. The number of hydrogen-bond donors (Lipinski definition) is 1. The summed E-state index contributed by atoms with van der Waals surface area (Å²) in [5, 5.41) is 14.8. The Morgan fingerprint density at radius 3 is 2.48 bits per heavy atom. The first-order valence-electron chi connectivity index (χ1n) is 8.80. The molecule has 1 aromatic carbocycles. The molecule has 0 amide bonds. The summed E-state index contributed by atoms with van der Waals surface area (Å²) < 4.78 is 12.5. The number of aryl methyl sites for hydroxylation is 1. The molecule has 1 aliphatic heterocycles. The Hall–Kier alpha value is -2.21. The largest absolute Gasteiger partial charge is 0.502 e.